The van der Waals surface area contributed by atoms with Crippen molar-refractivity contribution in [2.45, 2.75) is 54.0 Å². The second-order valence-electron chi connectivity index (χ2n) is 8.88. The van der Waals surface area contributed by atoms with E-state index >= 15 is 0 Å². The van der Waals surface area contributed by atoms with E-state index in [0.29, 0.717) is 19.1 Å². The van der Waals surface area contributed by atoms with Crippen LogP contribution in [0.5, 0.6) is 5.75 Å². The molecule has 0 aliphatic carbocycles. The summed E-state index contributed by atoms with van der Waals surface area (Å²) < 4.78 is 8.30. The molecule has 1 heterocycles. The maximum atomic E-state index is 12.9. The first-order valence-corrected chi connectivity index (χ1v) is 10.0. The van der Waals surface area contributed by atoms with E-state index in [9.17, 15) is 4.79 Å². The summed E-state index contributed by atoms with van der Waals surface area (Å²) in [7, 11) is 0. The fourth-order valence-electron chi connectivity index (χ4n) is 3.51. The number of rotatable bonds is 6. The highest BCUT2D eigenvalue weighted by Gasteiger charge is 2.26. The largest absolute Gasteiger partial charge is 0.491 e. The van der Waals surface area contributed by atoms with E-state index < -0.39 is 5.41 Å². The third kappa shape index (κ3) is 4.14. The summed E-state index contributed by atoms with van der Waals surface area (Å²) in [6.07, 6.45) is 1.99. The van der Waals surface area contributed by atoms with E-state index in [1.54, 1.807) is 0 Å². The number of ketones is 1. The third-order valence-electron chi connectivity index (χ3n) is 5.10. The van der Waals surface area contributed by atoms with Crippen molar-refractivity contribution in [3.63, 3.8) is 0 Å². The highest BCUT2D eigenvalue weighted by atomic mass is 16.5. The van der Waals surface area contributed by atoms with Gasteiger partial charge in [-0.15, -0.1) is 0 Å². The average molecular weight is 378 g/mol. The zero-order valence-corrected chi connectivity index (χ0v) is 17.9. The van der Waals surface area contributed by atoms with Crippen molar-refractivity contribution in [1.82, 2.24) is 4.57 Å². The van der Waals surface area contributed by atoms with Gasteiger partial charge in [0.15, 0.2) is 5.78 Å². The number of carbonyl (C=O) groups is 1. The lowest BCUT2D eigenvalue weighted by Gasteiger charge is -2.16. The van der Waals surface area contributed by atoms with Crippen LogP contribution in [0.15, 0.2) is 48.7 Å². The van der Waals surface area contributed by atoms with Crippen LogP contribution in [0.1, 0.15) is 62.0 Å². The molecule has 0 fully saturated rings. The molecule has 0 aliphatic heterocycles. The van der Waals surface area contributed by atoms with Gasteiger partial charge in [0.1, 0.15) is 12.4 Å². The number of benzene rings is 2. The van der Waals surface area contributed by atoms with Gasteiger partial charge in [-0.25, -0.2) is 0 Å². The van der Waals surface area contributed by atoms with E-state index in [1.807, 2.05) is 45.2 Å². The van der Waals surface area contributed by atoms with Crippen LogP contribution >= 0.6 is 0 Å². The lowest BCUT2D eigenvalue weighted by molar-refractivity contribution is 0.0860. The van der Waals surface area contributed by atoms with Crippen LogP contribution in [0.2, 0.25) is 0 Å². The van der Waals surface area contributed by atoms with Gasteiger partial charge in [0.2, 0.25) is 0 Å². The number of ether oxygens (including phenoxy) is 1. The second-order valence-corrected chi connectivity index (χ2v) is 8.88. The summed E-state index contributed by atoms with van der Waals surface area (Å²) in [4.78, 5) is 12.9. The Morgan fingerprint density at radius 3 is 2.50 bits per heavy atom. The molecule has 0 unspecified atom stereocenters. The molecule has 1 aromatic heterocycles. The average Bonchev–Trinajstić information content (AvgIpc) is 2.99. The van der Waals surface area contributed by atoms with Gasteiger partial charge in [0.05, 0.1) is 6.54 Å². The van der Waals surface area contributed by atoms with Gasteiger partial charge in [0, 0.05) is 28.1 Å². The van der Waals surface area contributed by atoms with Crippen LogP contribution in [0.3, 0.4) is 0 Å². The molecule has 0 saturated carbocycles. The molecule has 0 amide bonds. The first-order valence-electron chi connectivity index (χ1n) is 10.0. The van der Waals surface area contributed by atoms with Crippen LogP contribution in [0.25, 0.3) is 10.9 Å². The summed E-state index contributed by atoms with van der Waals surface area (Å²) in [5.74, 6) is 1.54. The van der Waals surface area contributed by atoms with Crippen LogP contribution in [-0.2, 0) is 6.54 Å². The minimum atomic E-state index is -0.404. The number of carbonyl (C=O) groups excluding carboxylic acids is 1. The Labute approximate surface area is 168 Å². The van der Waals surface area contributed by atoms with Crippen LogP contribution < -0.4 is 4.74 Å². The first kappa shape index (κ1) is 20.2. The van der Waals surface area contributed by atoms with Gasteiger partial charge in [0.25, 0.3) is 0 Å². The molecule has 3 aromatic rings. The molecule has 148 valence electrons. The van der Waals surface area contributed by atoms with Crippen LogP contribution in [0, 0.1) is 12.3 Å². The molecule has 3 rings (SSSR count). The quantitative estimate of drug-likeness (QED) is 0.467. The van der Waals surface area contributed by atoms with Crippen molar-refractivity contribution in [1.29, 1.82) is 0 Å². The van der Waals surface area contributed by atoms with Gasteiger partial charge in [-0.2, -0.15) is 0 Å². The van der Waals surface area contributed by atoms with E-state index in [0.717, 1.165) is 22.2 Å². The summed E-state index contributed by atoms with van der Waals surface area (Å²) in [6, 6.07) is 14.5. The number of Topliss-reactive ketones (excluding diaryl/α,β-unsaturated/α-hetero) is 1. The maximum absolute atomic E-state index is 12.9. The molecule has 0 radical (unpaired) electrons. The second kappa shape index (κ2) is 7.83. The zero-order chi connectivity index (χ0) is 20.5. The van der Waals surface area contributed by atoms with Gasteiger partial charge in [-0.1, -0.05) is 65.0 Å². The van der Waals surface area contributed by atoms with Gasteiger partial charge in [-0.3, -0.25) is 4.79 Å². The normalized spacial score (nSPS) is 12.0. The molecular formula is C25H31NO2. The smallest absolute Gasteiger partial charge is 0.170 e. The minimum Gasteiger partial charge on any atom is -0.491 e. The van der Waals surface area contributed by atoms with Gasteiger partial charge in [-0.05, 0) is 36.1 Å². The number of aryl methyl sites for hydroxylation is 1. The monoisotopic (exact) mass is 377 g/mol. The van der Waals surface area contributed by atoms with Crippen molar-refractivity contribution in [3.8, 4) is 5.75 Å². The van der Waals surface area contributed by atoms with Crippen molar-refractivity contribution >= 4 is 16.7 Å². The van der Waals surface area contributed by atoms with Gasteiger partial charge >= 0.3 is 0 Å². The highest BCUT2D eigenvalue weighted by molar-refractivity contribution is 6.10. The van der Waals surface area contributed by atoms with Crippen molar-refractivity contribution < 1.29 is 9.53 Å². The SMILES string of the molecule is Cc1ccc(C(C)C)c(OCCn2cc(C(=O)C(C)(C)C)c3ccccc32)c1. The standard InChI is InChI=1S/C25H31NO2/c1-17(2)19-12-11-18(3)15-23(19)28-14-13-26-16-21(24(27)25(4,5)6)20-9-7-8-10-22(20)26/h7-12,15-17H,13-14H2,1-6H3. The van der Waals surface area contributed by atoms with E-state index in [-0.39, 0.29) is 5.78 Å². The molecule has 0 saturated heterocycles. The minimum absolute atomic E-state index is 0.171. The Morgan fingerprint density at radius 1 is 1.11 bits per heavy atom. The molecule has 0 atom stereocenters. The van der Waals surface area contributed by atoms with Crippen molar-refractivity contribution in [2.24, 2.45) is 5.41 Å². The van der Waals surface area contributed by atoms with E-state index in [4.69, 9.17) is 4.74 Å². The topological polar surface area (TPSA) is 31.2 Å². The predicted molar refractivity (Wildman–Crippen MR) is 116 cm³/mol. The fourth-order valence-corrected chi connectivity index (χ4v) is 3.51. The summed E-state index contributed by atoms with van der Waals surface area (Å²) in [5, 5.41) is 1.01. The third-order valence-corrected chi connectivity index (χ3v) is 5.10. The Balaban J connectivity index is 1.85. The number of hydrogen-bond donors (Lipinski definition) is 0. The van der Waals surface area contributed by atoms with Crippen molar-refractivity contribution in [2.75, 3.05) is 6.61 Å². The highest BCUT2D eigenvalue weighted by Crippen LogP contribution is 2.29. The Morgan fingerprint density at radius 2 is 1.82 bits per heavy atom. The fraction of sp³-hybridized carbons (Fsp3) is 0.400. The summed E-state index contributed by atoms with van der Waals surface area (Å²) in [5.41, 5.74) is 3.89. The van der Waals surface area contributed by atoms with Crippen LogP contribution in [-0.4, -0.2) is 17.0 Å². The number of para-hydroxylation sites is 1. The zero-order valence-electron chi connectivity index (χ0n) is 17.9. The predicted octanol–water partition coefficient (Wildman–Crippen LogP) is 6.38. The first-order chi connectivity index (χ1) is 13.2. The number of aromatic nitrogens is 1. The Bertz CT molecular complexity index is 989. The molecule has 2 aromatic carbocycles. The molecule has 0 aliphatic rings. The van der Waals surface area contributed by atoms with E-state index in [2.05, 4.69) is 49.6 Å². The van der Waals surface area contributed by atoms with Crippen molar-refractivity contribution in [3.05, 3.63) is 65.4 Å². The Kier molecular flexibility index (Phi) is 5.64. The van der Waals surface area contributed by atoms with Gasteiger partial charge < -0.3 is 9.30 Å². The molecule has 3 heteroatoms. The lowest BCUT2D eigenvalue weighted by Crippen LogP contribution is -2.20. The van der Waals surface area contributed by atoms with Crippen LogP contribution in [0.4, 0.5) is 0 Å². The van der Waals surface area contributed by atoms with E-state index in [1.165, 1.54) is 11.1 Å². The molecule has 0 bridgehead atoms. The maximum Gasteiger partial charge on any atom is 0.170 e. The molecule has 28 heavy (non-hydrogen) atoms. The molecule has 0 N–H and O–H groups in total. The number of nitrogens with zero attached hydrogens (tertiary/aromatic N) is 1. The summed E-state index contributed by atoms with van der Waals surface area (Å²) in [6.45, 7) is 13.6. The Hall–Kier alpha value is -2.55. The summed E-state index contributed by atoms with van der Waals surface area (Å²) >= 11 is 0. The molecule has 0 spiro atoms. The lowest BCUT2D eigenvalue weighted by atomic mass is 9.86. The number of hydrogen-bond acceptors (Lipinski definition) is 2. The molecule has 3 nitrogen and oxygen atoms in total. The number of fused-ring (bicyclic) bond motifs is 1. The molecular weight excluding hydrogens is 346 g/mol.